The number of pyridine rings is 2. The average Bonchev–Trinajstić information content (AvgIpc) is 3.04. The number of aromatic hydroxyl groups is 1. The Kier molecular flexibility index (Phi) is 5.75. The number of hydrogen-bond acceptors (Lipinski definition) is 8. The second-order valence-electron chi connectivity index (χ2n) is 9.87. The van der Waals surface area contributed by atoms with Gasteiger partial charge in [-0.2, -0.15) is 4.98 Å². The van der Waals surface area contributed by atoms with Crippen LogP contribution in [0.4, 0.5) is 14.6 Å². The van der Waals surface area contributed by atoms with Crippen LogP contribution in [-0.2, 0) is 0 Å². The molecule has 196 valence electrons. The van der Waals surface area contributed by atoms with Crippen LogP contribution >= 0.6 is 0 Å². The van der Waals surface area contributed by atoms with E-state index in [2.05, 4.69) is 20.3 Å². The number of hydrogen-bond donors (Lipinski definition) is 2. The molecule has 6 rings (SSSR count). The first kappa shape index (κ1) is 24.2. The predicted molar refractivity (Wildman–Crippen MR) is 138 cm³/mol. The molecule has 9 nitrogen and oxygen atoms in total. The zero-order chi connectivity index (χ0) is 26.7. The van der Waals surface area contributed by atoms with Crippen molar-refractivity contribution in [2.75, 3.05) is 31.1 Å². The maximum absolute atomic E-state index is 16.7. The first-order valence-corrected chi connectivity index (χ1v) is 12.5. The lowest BCUT2D eigenvalue weighted by atomic mass is 10.0. The Bertz CT molecular complexity index is 1630. The van der Waals surface area contributed by atoms with E-state index in [1.165, 1.54) is 16.7 Å². The Balaban J connectivity index is 1.81. The van der Waals surface area contributed by atoms with Crippen LogP contribution in [0.15, 0.2) is 35.3 Å². The van der Waals surface area contributed by atoms with Gasteiger partial charge in [0, 0.05) is 25.8 Å². The zero-order valence-corrected chi connectivity index (χ0v) is 21.1. The lowest BCUT2D eigenvalue weighted by molar-refractivity contribution is 0.266. The summed E-state index contributed by atoms with van der Waals surface area (Å²) in [5.41, 5.74) is -0.0761. The first-order valence-electron chi connectivity index (χ1n) is 12.5. The fraction of sp³-hybridized carbons (Fsp3) is 0.333. The molecule has 4 aromatic rings. The molecule has 5 heterocycles. The van der Waals surface area contributed by atoms with E-state index in [0.29, 0.717) is 36.6 Å². The van der Waals surface area contributed by atoms with Crippen molar-refractivity contribution >= 4 is 16.7 Å². The first-order chi connectivity index (χ1) is 18.3. The van der Waals surface area contributed by atoms with Gasteiger partial charge >= 0.3 is 5.69 Å². The number of phenols is 1. The fourth-order valence-electron chi connectivity index (χ4n) is 5.31. The number of phenolic OH excluding ortho intramolecular Hbond substituents is 1. The largest absolute Gasteiger partial charge is 0.507 e. The third-order valence-corrected chi connectivity index (χ3v) is 7.11. The monoisotopic (exact) mass is 520 g/mol. The Morgan fingerprint density at radius 3 is 2.79 bits per heavy atom. The van der Waals surface area contributed by atoms with Crippen molar-refractivity contribution in [2.24, 2.45) is 0 Å². The van der Waals surface area contributed by atoms with Crippen LogP contribution in [0.1, 0.15) is 31.0 Å². The molecule has 2 N–H and O–H groups in total. The summed E-state index contributed by atoms with van der Waals surface area (Å²) >= 11 is 0. The quantitative estimate of drug-likeness (QED) is 0.424. The molecule has 1 saturated heterocycles. The average molecular weight is 521 g/mol. The zero-order valence-electron chi connectivity index (χ0n) is 21.1. The lowest BCUT2D eigenvalue weighted by Crippen LogP contribution is -2.54. The number of halogens is 2. The van der Waals surface area contributed by atoms with Gasteiger partial charge in [0.15, 0.2) is 5.82 Å². The van der Waals surface area contributed by atoms with Gasteiger partial charge < -0.3 is 20.1 Å². The number of ether oxygens (including phenoxy) is 1. The van der Waals surface area contributed by atoms with E-state index in [1.807, 2.05) is 18.7 Å². The molecule has 38 heavy (non-hydrogen) atoms. The molecule has 11 heteroatoms. The van der Waals surface area contributed by atoms with Crippen LogP contribution in [0.2, 0.25) is 0 Å². The van der Waals surface area contributed by atoms with Crippen molar-refractivity contribution < 1.29 is 18.6 Å². The smallest absolute Gasteiger partial charge is 0.354 e. The lowest BCUT2D eigenvalue weighted by Gasteiger charge is -2.35. The second-order valence-corrected chi connectivity index (χ2v) is 9.87. The maximum atomic E-state index is 16.7. The molecule has 0 spiro atoms. The highest BCUT2D eigenvalue weighted by molar-refractivity contribution is 5.98. The summed E-state index contributed by atoms with van der Waals surface area (Å²) in [4.78, 5) is 29.1. The van der Waals surface area contributed by atoms with Crippen molar-refractivity contribution in [1.29, 1.82) is 0 Å². The van der Waals surface area contributed by atoms with E-state index in [4.69, 9.17) is 4.74 Å². The summed E-state index contributed by atoms with van der Waals surface area (Å²) in [6, 6.07) is 5.23. The summed E-state index contributed by atoms with van der Waals surface area (Å²) in [6.45, 7) is 7.60. The van der Waals surface area contributed by atoms with Crippen molar-refractivity contribution in [3.63, 3.8) is 0 Å². The van der Waals surface area contributed by atoms with Crippen molar-refractivity contribution in [2.45, 2.75) is 32.7 Å². The number of aryl methyl sites for hydroxylation is 1. The summed E-state index contributed by atoms with van der Waals surface area (Å²) in [5, 5.41) is 14.0. The van der Waals surface area contributed by atoms with Crippen LogP contribution in [0, 0.1) is 18.6 Å². The van der Waals surface area contributed by atoms with Crippen LogP contribution in [-0.4, -0.2) is 56.9 Å². The minimum atomic E-state index is -0.972. The van der Waals surface area contributed by atoms with Gasteiger partial charge in [-0.15, -0.1) is 0 Å². The van der Waals surface area contributed by atoms with Crippen molar-refractivity contribution in [3.8, 4) is 28.6 Å². The number of nitrogens with one attached hydrogen (secondary N) is 1. The summed E-state index contributed by atoms with van der Waals surface area (Å²) in [7, 11) is 0. The topological polar surface area (TPSA) is 105 Å². The number of rotatable bonds is 3. The standard InChI is InChI=1S/C27H26F2N6O3/c1-13(2)21-23(14(3)7-8-31-21)35-24-19-25(33-27(35)37)34-10-9-30-11-15(34)12-38-26(19)32-22(20(24)29)18-16(28)5-4-6-17(18)36/h4-8,13,15,30,36H,9-12H2,1-3H3/t15-/m1/s1. The maximum Gasteiger partial charge on any atom is 0.354 e. The van der Waals surface area contributed by atoms with Gasteiger partial charge in [0.25, 0.3) is 0 Å². The number of benzene rings is 1. The minimum Gasteiger partial charge on any atom is -0.507 e. The summed E-state index contributed by atoms with van der Waals surface area (Å²) in [6.07, 6.45) is 1.64. The SMILES string of the molecule is Cc1ccnc(C(C)C)c1-n1c(=O)nc2c3c(nc(-c4c(O)cccc4F)c(F)c31)OC[C@H]1CNCCN21. The summed E-state index contributed by atoms with van der Waals surface area (Å²) < 4.78 is 39.0. The molecule has 2 aliphatic rings. The Hall–Kier alpha value is -4.12. The highest BCUT2D eigenvalue weighted by Gasteiger charge is 2.35. The van der Waals surface area contributed by atoms with E-state index < -0.39 is 34.3 Å². The number of fused-ring (bicyclic) bond motifs is 2. The van der Waals surface area contributed by atoms with Crippen LogP contribution in [0.3, 0.4) is 0 Å². The Morgan fingerprint density at radius 1 is 1.21 bits per heavy atom. The third-order valence-electron chi connectivity index (χ3n) is 7.11. The van der Waals surface area contributed by atoms with Gasteiger partial charge in [-0.1, -0.05) is 19.9 Å². The molecular weight excluding hydrogens is 494 g/mol. The van der Waals surface area contributed by atoms with Gasteiger partial charge in [0.05, 0.1) is 23.0 Å². The number of nitrogens with zero attached hydrogens (tertiary/aromatic N) is 5. The van der Waals surface area contributed by atoms with Gasteiger partial charge in [-0.3, -0.25) is 9.55 Å². The second kappa shape index (κ2) is 9.02. The highest BCUT2D eigenvalue weighted by Crippen LogP contribution is 2.42. The molecule has 1 fully saturated rings. The fourth-order valence-corrected chi connectivity index (χ4v) is 5.31. The number of piperazine rings is 1. The highest BCUT2D eigenvalue weighted by atomic mass is 19.1. The molecular formula is C27H26F2N6O3. The molecule has 2 aliphatic heterocycles. The van der Waals surface area contributed by atoms with E-state index >= 15 is 4.39 Å². The van der Waals surface area contributed by atoms with Gasteiger partial charge in [0.1, 0.15) is 40.6 Å². The van der Waals surface area contributed by atoms with E-state index in [9.17, 15) is 14.3 Å². The molecule has 1 atom stereocenters. The molecule has 0 bridgehead atoms. The molecule has 0 saturated carbocycles. The Labute approximate surface area is 216 Å². The predicted octanol–water partition coefficient (Wildman–Crippen LogP) is 3.43. The van der Waals surface area contributed by atoms with Crippen LogP contribution < -0.4 is 20.6 Å². The number of anilines is 1. The normalized spacial score (nSPS) is 16.9. The summed E-state index contributed by atoms with van der Waals surface area (Å²) in [5.74, 6) is -2.14. The van der Waals surface area contributed by atoms with Crippen LogP contribution in [0.25, 0.3) is 27.8 Å². The van der Waals surface area contributed by atoms with Gasteiger partial charge in [-0.05, 0) is 36.6 Å². The van der Waals surface area contributed by atoms with Gasteiger partial charge in [0.2, 0.25) is 5.88 Å². The molecule has 3 aromatic heterocycles. The van der Waals surface area contributed by atoms with Crippen molar-refractivity contribution in [3.05, 3.63) is 63.8 Å². The van der Waals surface area contributed by atoms with Crippen LogP contribution in [0.5, 0.6) is 11.6 Å². The minimum absolute atomic E-state index is 0.0114. The Morgan fingerprint density at radius 2 is 2.03 bits per heavy atom. The molecule has 0 aliphatic carbocycles. The van der Waals surface area contributed by atoms with Crippen molar-refractivity contribution in [1.82, 2.24) is 24.8 Å². The third kappa shape index (κ3) is 3.60. The van der Waals surface area contributed by atoms with E-state index in [1.54, 1.807) is 19.2 Å². The molecule has 0 radical (unpaired) electrons. The number of aromatic nitrogens is 4. The van der Waals surface area contributed by atoms with Gasteiger partial charge in [-0.25, -0.2) is 18.6 Å². The molecule has 0 amide bonds. The van der Waals surface area contributed by atoms with E-state index in [0.717, 1.165) is 6.07 Å². The molecule has 0 unspecified atom stereocenters. The van der Waals surface area contributed by atoms with E-state index in [-0.39, 0.29) is 41.2 Å². The molecule has 1 aromatic carbocycles.